The van der Waals surface area contributed by atoms with E-state index in [4.69, 9.17) is 4.74 Å². The van der Waals surface area contributed by atoms with Crippen molar-refractivity contribution >= 4 is 17.8 Å². The average molecular weight is 308 g/mol. The predicted molar refractivity (Wildman–Crippen MR) is 80.9 cm³/mol. The Balaban J connectivity index is 1.80. The average Bonchev–Trinajstić information content (AvgIpc) is 2.98. The predicted octanol–water partition coefficient (Wildman–Crippen LogP) is 0.965. The number of ether oxygens (including phenoxy) is 1. The van der Waals surface area contributed by atoms with Gasteiger partial charge < -0.3 is 14.5 Å². The SMILES string of the molecule is C=CC(=O)N(CC)CC1CCN(C(=O)[C@H]2CCC(=O)O2)CC1. The van der Waals surface area contributed by atoms with Gasteiger partial charge in [-0.1, -0.05) is 6.58 Å². The summed E-state index contributed by atoms with van der Waals surface area (Å²) in [5.74, 6) is 0.00600. The van der Waals surface area contributed by atoms with Crippen molar-refractivity contribution in [2.45, 2.75) is 38.7 Å². The molecule has 6 nitrogen and oxygen atoms in total. The largest absolute Gasteiger partial charge is 0.452 e. The van der Waals surface area contributed by atoms with Crippen LogP contribution in [0.1, 0.15) is 32.6 Å². The lowest BCUT2D eigenvalue weighted by molar-refractivity contribution is -0.153. The Bertz CT molecular complexity index is 455. The molecule has 0 bridgehead atoms. The Hall–Kier alpha value is -1.85. The molecule has 2 aliphatic rings. The lowest BCUT2D eigenvalue weighted by atomic mass is 9.95. The number of piperidine rings is 1. The van der Waals surface area contributed by atoms with Crippen LogP contribution in [0.5, 0.6) is 0 Å². The van der Waals surface area contributed by atoms with Crippen LogP contribution in [0.3, 0.4) is 0 Å². The minimum atomic E-state index is -0.585. The molecular weight excluding hydrogens is 284 g/mol. The first-order valence-electron chi connectivity index (χ1n) is 7.94. The van der Waals surface area contributed by atoms with E-state index >= 15 is 0 Å². The molecule has 0 aromatic rings. The number of carbonyl (C=O) groups is 3. The number of amides is 2. The molecule has 0 N–H and O–H groups in total. The molecule has 0 spiro atoms. The Morgan fingerprint density at radius 3 is 2.55 bits per heavy atom. The topological polar surface area (TPSA) is 66.9 Å². The molecule has 2 heterocycles. The van der Waals surface area contributed by atoms with Gasteiger partial charge in [-0.2, -0.15) is 0 Å². The fourth-order valence-electron chi connectivity index (χ4n) is 3.05. The van der Waals surface area contributed by atoms with Crippen molar-refractivity contribution < 1.29 is 19.1 Å². The van der Waals surface area contributed by atoms with Crippen molar-refractivity contribution in [3.8, 4) is 0 Å². The molecule has 0 saturated carbocycles. The first kappa shape index (κ1) is 16.5. The van der Waals surface area contributed by atoms with Crippen LogP contribution in [-0.4, -0.2) is 59.9 Å². The second-order valence-electron chi connectivity index (χ2n) is 5.87. The first-order valence-corrected chi connectivity index (χ1v) is 7.94. The van der Waals surface area contributed by atoms with Crippen LogP contribution in [0.4, 0.5) is 0 Å². The highest BCUT2D eigenvalue weighted by Gasteiger charge is 2.34. The van der Waals surface area contributed by atoms with Gasteiger partial charge in [0.1, 0.15) is 0 Å². The van der Waals surface area contributed by atoms with Gasteiger partial charge in [0.05, 0.1) is 0 Å². The summed E-state index contributed by atoms with van der Waals surface area (Å²) in [6.07, 6.45) is 3.33. The molecule has 1 atom stereocenters. The fourth-order valence-corrected chi connectivity index (χ4v) is 3.05. The number of rotatable bonds is 5. The van der Waals surface area contributed by atoms with E-state index < -0.39 is 6.10 Å². The van der Waals surface area contributed by atoms with Gasteiger partial charge in [0.2, 0.25) is 5.91 Å². The number of carbonyl (C=O) groups excluding carboxylic acids is 3. The van der Waals surface area contributed by atoms with Crippen LogP contribution in [0.15, 0.2) is 12.7 Å². The van der Waals surface area contributed by atoms with Crippen molar-refractivity contribution in [3.05, 3.63) is 12.7 Å². The van der Waals surface area contributed by atoms with E-state index in [1.807, 2.05) is 6.92 Å². The highest BCUT2D eigenvalue weighted by Crippen LogP contribution is 2.22. The Kier molecular flexibility index (Phi) is 5.57. The van der Waals surface area contributed by atoms with Crippen LogP contribution in [0.25, 0.3) is 0 Å². The Labute approximate surface area is 131 Å². The molecule has 2 aliphatic heterocycles. The maximum Gasteiger partial charge on any atom is 0.306 e. The maximum atomic E-state index is 12.3. The number of cyclic esters (lactones) is 1. The summed E-state index contributed by atoms with van der Waals surface area (Å²) in [7, 11) is 0. The summed E-state index contributed by atoms with van der Waals surface area (Å²) < 4.78 is 5.04. The molecule has 0 aliphatic carbocycles. The van der Waals surface area contributed by atoms with Gasteiger partial charge in [0, 0.05) is 39.0 Å². The third-order valence-corrected chi connectivity index (χ3v) is 4.43. The molecule has 2 amide bonds. The van der Waals surface area contributed by atoms with E-state index in [0.717, 1.165) is 12.8 Å². The quantitative estimate of drug-likeness (QED) is 0.560. The number of hydrogen-bond acceptors (Lipinski definition) is 4. The highest BCUT2D eigenvalue weighted by atomic mass is 16.6. The van der Waals surface area contributed by atoms with Gasteiger partial charge in [-0.15, -0.1) is 0 Å². The Morgan fingerprint density at radius 1 is 1.36 bits per heavy atom. The maximum absolute atomic E-state index is 12.3. The fraction of sp³-hybridized carbons (Fsp3) is 0.688. The van der Waals surface area contributed by atoms with E-state index in [1.165, 1.54) is 6.08 Å². The van der Waals surface area contributed by atoms with Crippen molar-refractivity contribution in [1.29, 1.82) is 0 Å². The van der Waals surface area contributed by atoms with E-state index in [0.29, 0.717) is 44.9 Å². The monoisotopic (exact) mass is 308 g/mol. The number of hydrogen-bond donors (Lipinski definition) is 0. The molecule has 6 heteroatoms. The van der Waals surface area contributed by atoms with Gasteiger partial charge in [0.25, 0.3) is 5.91 Å². The minimum Gasteiger partial charge on any atom is -0.452 e. The zero-order valence-corrected chi connectivity index (χ0v) is 13.1. The van der Waals surface area contributed by atoms with Crippen molar-refractivity contribution in [2.24, 2.45) is 5.92 Å². The van der Waals surface area contributed by atoms with Crippen LogP contribution < -0.4 is 0 Å². The van der Waals surface area contributed by atoms with E-state index in [2.05, 4.69) is 6.58 Å². The molecule has 2 fully saturated rings. The summed E-state index contributed by atoms with van der Waals surface area (Å²) in [6.45, 7) is 8.18. The van der Waals surface area contributed by atoms with Gasteiger partial charge in [0.15, 0.2) is 6.10 Å². The van der Waals surface area contributed by atoms with Crippen LogP contribution in [-0.2, 0) is 19.1 Å². The lowest BCUT2D eigenvalue weighted by Crippen LogP contribution is -2.46. The first-order chi connectivity index (χ1) is 10.5. The van der Waals surface area contributed by atoms with Crippen molar-refractivity contribution in [1.82, 2.24) is 9.80 Å². The third-order valence-electron chi connectivity index (χ3n) is 4.43. The normalized spacial score (nSPS) is 22.3. The summed E-state index contributed by atoms with van der Waals surface area (Å²) in [5.41, 5.74) is 0. The zero-order valence-electron chi connectivity index (χ0n) is 13.1. The summed E-state index contributed by atoms with van der Waals surface area (Å²) in [5, 5.41) is 0. The lowest BCUT2D eigenvalue weighted by Gasteiger charge is -2.35. The number of likely N-dealkylation sites (N-methyl/N-ethyl adjacent to an activating group) is 1. The van der Waals surface area contributed by atoms with Crippen LogP contribution >= 0.6 is 0 Å². The Morgan fingerprint density at radius 2 is 2.05 bits per heavy atom. The minimum absolute atomic E-state index is 0.0427. The number of likely N-dealkylation sites (tertiary alicyclic amines) is 1. The molecule has 0 radical (unpaired) electrons. The standard InChI is InChI=1S/C16H24N2O4/c1-3-14(19)17(4-2)11-12-7-9-18(10-8-12)16(21)13-5-6-15(20)22-13/h3,12-13H,1,4-11H2,2H3/t13-/m1/s1. The second-order valence-corrected chi connectivity index (χ2v) is 5.87. The van der Waals surface area contributed by atoms with Gasteiger partial charge in [-0.25, -0.2) is 0 Å². The van der Waals surface area contributed by atoms with Gasteiger partial charge >= 0.3 is 5.97 Å². The number of esters is 1. The molecule has 2 saturated heterocycles. The molecule has 0 aromatic heterocycles. The van der Waals surface area contributed by atoms with E-state index in [-0.39, 0.29) is 17.8 Å². The summed E-state index contributed by atoms with van der Waals surface area (Å²) >= 11 is 0. The summed E-state index contributed by atoms with van der Waals surface area (Å²) in [6, 6.07) is 0. The third kappa shape index (κ3) is 3.87. The number of nitrogens with zero attached hydrogens (tertiary/aromatic N) is 2. The zero-order chi connectivity index (χ0) is 16.1. The van der Waals surface area contributed by atoms with Crippen LogP contribution in [0, 0.1) is 5.92 Å². The molecule has 0 aromatic carbocycles. The van der Waals surface area contributed by atoms with E-state index in [1.54, 1.807) is 9.80 Å². The summed E-state index contributed by atoms with van der Waals surface area (Å²) in [4.78, 5) is 38.6. The molecule has 122 valence electrons. The van der Waals surface area contributed by atoms with Gasteiger partial charge in [-0.05, 0) is 31.8 Å². The smallest absolute Gasteiger partial charge is 0.306 e. The molecule has 0 unspecified atom stereocenters. The highest BCUT2D eigenvalue weighted by molar-refractivity contribution is 5.87. The van der Waals surface area contributed by atoms with Gasteiger partial charge in [-0.3, -0.25) is 14.4 Å². The van der Waals surface area contributed by atoms with E-state index in [9.17, 15) is 14.4 Å². The van der Waals surface area contributed by atoms with Crippen molar-refractivity contribution in [2.75, 3.05) is 26.2 Å². The molecular formula is C16H24N2O4. The van der Waals surface area contributed by atoms with Crippen molar-refractivity contribution in [3.63, 3.8) is 0 Å². The van der Waals surface area contributed by atoms with Crippen LogP contribution in [0.2, 0.25) is 0 Å². The molecule has 2 rings (SSSR count). The second kappa shape index (κ2) is 7.42. The molecule has 22 heavy (non-hydrogen) atoms.